The van der Waals surface area contributed by atoms with Gasteiger partial charge in [-0.25, -0.2) is 0 Å². The van der Waals surface area contributed by atoms with E-state index in [1.165, 1.54) is 49.3 Å². The molecule has 3 heteroatoms. The van der Waals surface area contributed by atoms with Crippen molar-refractivity contribution in [2.24, 2.45) is 0 Å². The monoisotopic (exact) mass is 854 g/mol. The van der Waals surface area contributed by atoms with E-state index >= 15 is 0 Å². The van der Waals surface area contributed by atoms with Gasteiger partial charge in [0.1, 0.15) is 11.2 Å². The summed E-state index contributed by atoms with van der Waals surface area (Å²) >= 11 is 0. The second-order valence-electron chi connectivity index (χ2n) is 17.2. The maximum Gasteiger partial charge on any atom is 0.136 e. The zero-order chi connectivity index (χ0) is 44.3. The molecule has 67 heavy (non-hydrogen) atoms. The molecule has 0 N–H and O–H groups in total. The number of rotatable bonds is 8. The van der Waals surface area contributed by atoms with Gasteiger partial charge in [-0.2, -0.15) is 0 Å². The lowest BCUT2D eigenvalue weighted by atomic mass is 9.90. The van der Waals surface area contributed by atoms with E-state index in [1.54, 1.807) is 0 Å². The van der Waals surface area contributed by atoms with E-state index in [-0.39, 0.29) is 0 Å². The van der Waals surface area contributed by atoms with Crippen LogP contribution < -0.4 is 4.90 Å². The van der Waals surface area contributed by atoms with Crippen LogP contribution >= 0.6 is 0 Å². The zero-order valence-corrected chi connectivity index (χ0v) is 36.6. The molecular weight excluding hydrogens is 813 g/mol. The molecule has 0 aliphatic rings. The summed E-state index contributed by atoms with van der Waals surface area (Å²) in [4.78, 5) is 2.46. The fraction of sp³-hybridized carbons (Fsp3) is 0. The van der Waals surface area contributed by atoms with Gasteiger partial charge in [0.25, 0.3) is 0 Å². The fourth-order valence-corrected chi connectivity index (χ4v) is 10.4. The third-order valence-corrected chi connectivity index (χ3v) is 13.4. The van der Waals surface area contributed by atoms with Crippen LogP contribution in [0.3, 0.4) is 0 Å². The third kappa shape index (κ3) is 6.51. The lowest BCUT2D eigenvalue weighted by Crippen LogP contribution is -2.12. The zero-order valence-electron chi connectivity index (χ0n) is 36.6. The van der Waals surface area contributed by atoms with Crippen LogP contribution in [0.2, 0.25) is 0 Å². The SMILES string of the molecule is c1ccc(-c2cccc3cccc(-c4ccccc4N(c4cccc(-c5ccc6c7ccccc7n(-c7ccccc7)c6c5)c4)c4ccccc4-c4ccc5c(c4)oc4ccccc45)c23)cc1. The van der Waals surface area contributed by atoms with E-state index in [9.17, 15) is 0 Å². The van der Waals surface area contributed by atoms with Gasteiger partial charge in [0.05, 0.1) is 22.4 Å². The smallest absolute Gasteiger partial charge is 0.136 e. The highest BCUT2D eigenvalue weighted by molar-refractivity contribution is 6.12. The Labute approximate surface area is 388 Å². The topological polar surface area (TPSA) is 21.3 Å². The van der Waals surface area contributed by atoms with Gasteiger partial charge in [-0.3, -0.25) is 0 Å². The highest BCUT2D eigenvalue weighted by atomic mass is 16.3. The molecule has 0 aliphatic carbocycles. The van der Waals surface area contributed by atoms with Crippen molar-refractivity contribution < 1.29 is 4.42 Å². The fourth-order valence-electron chi connectivity index (χ4n) is 10.4. The van der Waals surface area contributed by atoms with E-state index in [4.69, 9.17) is 4.42 Å². The summed E-state index contributed by atoms with van der Waals surface area (Å²) in [5, 5.41) is 7.13. The standard InChI is InChI=1S/C64H42N2O/c1-3-18-43(19-4-1)51-30-16-20-44-21-17-31-57(64(44)51)53-28-9-13-34-60(53)66(58-32-11-7-26-50(58)47-37-39-56-55-29-10-14-35-62(55)67-63(56)42-47)49-25-15-22-45(40-49)46-36-38-54-52-27-8-12-33-59(52)65(61(54)41-46)48-23-5-2-6-24-48/h1-42H. The van der Waals surface area contributed by atoms with E-state index in [0.29, 0.717) is 0 Å². The van der Waals surface area contributed by atoms with Crippen LogP contribution in [0, 0.1) is 0 Å². The summed E-state index contributed by atoms with van der Waals surface area (Å²) in [6.45, 7) is 0. The second-order valence-corrected chi connectivity index (χ2v) is 17.2. The first-order valence-electron chi connectivity index (χ1n) is 22.9. The average molecular weight is 855 g/mol. The molecule has 11 aromatic carbocycles. The van der Waals surface area contributed by atoms with Gasteiger partial charge in [0.15, 0.2) is 0 Å². The van der Waals surface area contributed by atoms with E-state index in [1.807, 2.05) is 12.1 Å². The molecule has 0 spiro atoms. The van der Waals surface area contributed by atoms with E-state index in [0.717, 1.165) is 72.5 Å². The summed E-state index contributed by atoms with van der Waals surface area (Å²) in [6, 6.07) is 92.1. The first-order chi connectivity index (χ1) is 33.2. The molecule has 3 nitrogen and oxygen atoms in total. The number of hydrogen-bond acceptors (Lipinski definition) is 2. The molecule has 314 valence electrons. The number of hydrogen-bond donors (Lipinski definition) is 0. The molecule has 0 aliphatic heterocycles. The number of nitrogens with zero attached hydrogens (tertiary/aromatic N) is 2. The van der Waals surface area contributed by atoms with Crippen LogP contribution in [-0.2, 0) is 0 Å². The van der Waals surface area contributed by atoms with Crippen molar-refractivity contribution in [3.63, 3.8) is 0 Å². The molecule has 2 aromatic heterocycles. The Morgan fingerprint density at radius 2 is 0.881 bits per heavy atom. The molecule has 2 heterocycles. The van der Waals surface area contributed by atoms with Gasteiger partial charge in [0.2, 0.25) is 0 Å². The van der Waals surface area contributed by atoms with Crippen molar-refractivity contribution in [3.8, 4) is 50.2 Å². The van der Waals surface area contributed by atoms with Gasteiger partial charge < -0.3 is 13.9 Å². The quantitative estimate of drug-likeness (QED) is 0.152. The first-order valence-corrected chi connectivity index (χ1v) is 22.9. The predicted molar refractivity (Wildman–Crippen MR) is 282 cm³/mol. The lowest BCUT2D eigenvalue weighted by molar-refractivity contribution is 0.669. The summed E-state index contributed by atoms with van der Waals surface area (Å²) in [5.74, 6) is 0. The van der Waals surface area contributed by atoms with Crippen LogP contribution in [0.1, 0.15) is 0 Å². The van der Waals surface area contributed by atoms with Gasteiger partial charge in [-0.1, -0.05) is 188 Å². The Morgan fingerprint density at radius 3 is 1.72 bits per heavy atom. The molecule has 0 saturated heterocycles. The maximum atomic E-state index is 6.49. The van der Waals surface area contributed by atoms with Gasteiger partial charge in [-0.05, 0) is 111 Å². The Kier molecular flexibility index (Phi) is 9.17. The van der Waals surface area contributed by atoms with Crippen LogP contribution in [0.4, 0.5) is 17.1 Å². The molecule has 0 amide bonds. The maximum absolute atomic E-state index is 6.49. The van der Waals surface area contributed by atoms with Crippen LogP contribution in [0.25, 0.3) is 105 Å². The molecule has 0 radical (unpaired) electrons. The Bertz CT molecular complexity index is 3990. The van der Waals surface area contributed by atoms with Crippen molar-refractivity contribution in [1.29, 1.82) is 0 Å². The number of aromatic nitrogens is 1. The number of fused-ring (bicyclic) bond motifs is 7. The molecule has 0 atom stereocenters. The minimum atomic E-state index is 0.870. The second kappa shape index (κ2) is 16.0. The highest BCUT2D eigenvalue weighted by Gasteiger charge is 2.23. The van der Waals surface area contributed by atoms with Crippen molar-refractivity contribution in [1.82, 2.24) is 4.57 Å². The summed E-state index contributed by atoms with van der Waals surface area (Å²) in [5.41, 5.74) is 17.6. The van der Waals surface area contributed by atoms with E-state index < -0.39 is 0 Å². The van der Waals surface area contributed by atoms with Crippen LogP contribution in [0.5, 0.6) is 0 Å². The Hall–Kier alpha value is -8.92. The van der Waals surface area contributed by atoms with Gasteiger partial charge >= 0.3 is 0 Å². The molecule has 13 rings (SSSR count). The summed E-state index contributed by atoms with van der Waals surface area (Å²) in [7, 11) is 0. The third-order valence-electron chi connectivity index (χ3n) is 13.4. The Morgan fingerprint density at radius 1 is 0.313 bits per heavy atom. The molecule has 0 unspecified atom stereocenters. The minimum Gasteiger partial charge on any atom is -0.456 e. The number of para-hydroxylation sites is 5. The Balaban J connectivity index is 1.04. The number of benzene rings is 11. The van der Waals surface area contributed by atoms with Crippen molar-refractivity contribution in [2.45, 2.75) is 0 Å². The summed E-state index contributed by atoms with van der Waals surface area (Å²) in [6.07, 6.45) is 0. The first kappa shape index (κ1) is 38.5. The number of anilines is 3. The van der Waals surface area contributed by atoms with Gasteiger partial charge in [-0.15, -0.1) is 0 Å². The summed E-state index contributed by atoms with van der Waals surface area (Å²) < 4.78 is 8.88. The van der Waals surface area contributed by atoms with Crippen molar-refractivity contribution >= 4 is 71.6 Å². The normalized spacial score (nSPS) is 11.6. The average Bonchev–Trinajstić information content (AvgIpc) is 3.94. The molecule has 0 saturated carbocycles. The van der Waals surface area contributed by atoms with Crippen molar-refractivity contribution in [3.05, 3.63) is 255 Å². The van der Waals surface area contributed by atoms with Crippen LogP contribution in [0.15, 0.2) is 259 Å². The van der Waals surface area contributed by atoms with Gasteiger partial charge in [0, 0.05) is 44.0 Å². The molecule has 13 aromatic rings. The highest BCUT2D eigenvalue weighted by Crippen LogP contribution is 2.48. The molecular formula is C64H42N2O. The number of furan rings is 1. The van der Waals surface area contributed by atoms with E-state index in [2.05, 4.69) is 252 Å². The lowest BCUT2D eigenvalue weighted by Gasteiger charge is -2.30. The van der Waals surface area contributed by atoms with Crippen molar-refractivity contribution in [2.75, 3.05) is 4.90 Å². The minimum absolute atomic E-state index is 0.870. The van der Waals surface area contributed by atoms with Crippen LogP contribution in [-0.4, -0.2) is 4.57 Å². The molecule has 0 bridgehead atoms. The molecule has 0 fully saturated rings. The predicted octanol–water partition coefficient (Wildman–Crippen LogP) is 18.0. The largest absolute Gasteiger partial charge is 0.456 e.